The van der Waals surface area contributed by atoms with Crippen LogP contribution in [0, 0.1) is 5.92 Å². The molecular formula is C13H28N2O. The summed E-state index contributed by atoms with van der Waals surface area (Å²) in [5.41, 5.74) is -0.168. The number of hydrogen-bond donors (Lipinski definition) is 2. The molecule has 0 aliphatic heterocycles. The molecule has 3 nitrogen and oxygen atoms in total. The second-order valence-electron chi connectivity index (χ2n) is 5.79. The van der Waals surface area contributed by atoms with E-state index in [9.17, 15) is 5.11 Å². The van der Waals surface area contributed by atoms with Gasteiger partial charge in [-0.3, -0.25) is 0 Å². The van der Waals surface area contributed by atoms with Crippen molar-refractivity contribution in [1.82, 2.24) is 10.2 Å². The summed E-state index contributed by atoms with van der Waals surface area (Å²) >= 11 is 0. The van der Waals surface area contributed by atoms with E-state index in [1.165, 1.54) is 19.4 Å². The molecule has 0 aromatic carbocycles. The van der Waals surface area contributed by atoms with Crippen LogP contribution in [0.1, 0.15) is 40.5 Å². The number of aliphatic hydroxyl groups is 1. The molecule has 16 heavy (non-hydrogen) atoms. The maximum absolute atomic E-state index is 9.54. The molecular weight excluding hydrogens is 200 g/mol. The Bertz CT molecular complexity index is 204. The smallest absolute Gasteiger partial charge is 0.0623 e. The van der Waals surface area contributed by atoms with Crippen molar-refractivity contribution in [3.63, 3.8) is 0 Å². The predicted molar refractivity (Wildman–Crippen MR) is 68.6 cm³/mol. The van der Waals surface area contributed by atoms with Crippen LogP contribution in [0.5, 0.6) is 0 Å². The molecule has 1 aliphatic rings. The quantitative estimate of drug-likeness (QED) is 0.660. The van der Waals surface area contributed by atoms with E-state index in [1.54, 1.807) is 0 Å². The van der Waals surface area contributed by atoms with Crippen molar-refractivity contribution in [2.24, 2.45) is 5.92 Å². The number of nitrogens with one attached hydrogen (secondary N) is 1. The fourth-order valence-electron chi connectivity index (χ4n) is 2.30. The molecule has 0 radical (unpaired) electrons. The molecule has 0 bridgehead atoms. The Labute approximate surface area is 100 Å². The first-order valence-corrected chi connectivity index (χ1v) is 6.60. The maximum Gasteiger partial charge on any atom is 0.0623 e. The summed E-state index contributed by atoms with van der Waals surface area (Å²) in [5, 5.41) is 13.0. The lowest BCUT2D eigenvalue weighted by molar-refractivity contribution is 0.113. The van der Waals surface area contributed by atoms with Crippen LogP contribution in [0.15, 0.2) is 0 Å². The minimum Gasteiger partial charge on any atom is -0.394 e. The van der Waals surface area contributed by atoms with Gasteiger partial charge in [-0.25, -0.2) is 0 Å². The van der Waals surface area contributed by atoms with Crippen molar-refractivity contribution in [2.75, 3.05) is 26.2 Å². The molecule has 0 spiro atoms. The minimum atomic E-state index is -0.168. The third-order valence-electron chi connectivity index (χ3n) is 3.22. The maximum atomic E-state index is 9.54. The van der Waals surface area contributed by atoms with Gasteiger partial charge in [0, 0.05) is 19.1 Å². The molecule has 2 N–H and O–H groups in total. The summed E-state index contributed by atoms with van der Waals surface area (Å²) in [6.07, 6.45) is 2.79. The Balaban J connectivity index is 2.43. The monoisotopic (exact) mass is 228 g/mol. The topological polar surface area (TPSA) is 35.5 Å². The van der Waals surface area contributed by atoms with Crippen LogP contribution in [0.25, 0.3) is 0 Å². The zero-order valence-electron chi connectivity index (χ0n) is 11.3. The number of hydrogen-bond acceptors (Lipinski definition) is 3. The Kier molecular flexibility index (Phi) is 5.22. The minimum absolute atomic E-state index is 0.168. The summed E-state index contributed by atoms with van der Waals surface area (Å²) < 4.78 is 0. The van der Waals surface area contributed by atoms with Crippen molar-refractivity contribution in [3.8, 4) is 0 Å². The molecule has 1 atom stereocenters. The van der Waals surface area contributed by atoms with Crippen molar-refractivity contribution in [3.05, 3.63) is 0 Å². The van der Waals surface area contributed by atoms with Crippen LogP contribution >= 0.6 is 0 Å². The summed E-state index contributed by atoms with van der Waals surface area (Å²) in [5.74, 6) is 0.918. The molecule has 96 valence electrons. The molecule has 1 aliphatic carbocycles. The average molecular weight is 228 g/mol. The molecule has 1 saturated carbocycles. The van der Waals surface area contributed by atoms with E-state index in [2.05, 4.69) is 37.9 Å². The molecule has 0 saturated heterocycles. The lowest BCUT2D eigenvalue weighted by Gasteiger charge is -2.36. The summed E-state index contributed by atoms with van der Waals surface area (Å²) in [6.45, 7) is 12.0. The van der Waals surface area contributed by atoms with Crippen LogP contribution in [0.3, 0.4) is 0 Å². The van der Waals surface area contributed by atoms with Gasteiger partial charge in [-0.1, -0.05) is 20.8 Å². The van der Waals surface area contributed by atoms with Crippen LogP contribution < -0.4 is 5.32 Å². The van der Waals surface area contributed by atoms with Gasteiger partial charge < -0.3 is 15.3 Å². The SMILES string of the molecule is CCN(CC1CC1)CC(C)(CO)NC(C)C. The highest BCUT2D eigenvalue weighted by Crippen LogP contribution is 2.30. The van der Waals surface area contributed by atoms with Crippen molar-refractivity contribution >= 4 is 0 Å². The van der Waals surface area contributed by atoms with Crippen LogP contribution in [-0.2, 0) is 0 Å². The van der Waals surface area contributed by atoms with Gasteiger partial charge in [0.15, 0.2) is 0 Å². The zero-order valence-corrected chi connectivity index (χ0v) is 11.3. The number of likely N-dealkylation sites (N-methyl/N-ethyl adjacent to an activating group) is 1. The normalized spacial score (nSPS) is 20.4. The van der Waals surface area contributed by atoms with Crippen LogP contribution in [0.4, 0.5) is 0 Å². The van der Waals surface area contributed by atoms with Gasteiger partial charge in [0.05, 0.1) is 12.1 Å². The Morgan fingerprint density at radius 1 is 1.44 bits per heavy atom. The van der Waals surface area contributed by atoms with Gasteiger partial charge in [-0.15, -0.1) is 0 Å². The Morgan fingerprint density at radius 3 is 2.44 bits per heavy atom. The first-order valence-electron chi connectivity index (χ1n) is 6.60. The molecule has 0 aromatic rings. The lowest BCUT2D eigenvalue weighted by atomic mass is 10.0. The second kappa shape index (κ2) is 5.99. The van der Waals surface area contributed by atoms with Crippen molar-refractivity contribution in [1.29, 1.82) is 0 Å². The van der Waals surface area contributed by atoms with E-state index in [0.29, 0.717) is 6.04 Å². The van der Waals surface area contributed by atoms with Gasteiger partial charge in [0.1, 0.15) is 0 Å². The van der Waals surface area contributed by atoms with Gasteiger partial charge in [-0.2, -0.15) is 0 Å². The molecule has 0 aromatic heterocycles. The highest BCUT2D eigenvalue weighted by atomic mass is 16.3. The average Bonchev–Trinajstić information content (AvgIpc) is 2.99. The molecule has 1 fully saturated rings. The predicted octanol–water partition coefficient (Wildman–Crippen LogP) is 1.47. The lowest BCUT2D eigenvalue weighted by Crippen LogP contribution is -2.56. The van der Waals surface area contributed by atoms with Gasteiger partial charge in [0.25, 0.3) is 0 Å². The van der Waals surface area contributed by atoms with Crippen molar-refractivity contribution < 1.29 is 5.11 Å². The van der Waals surface area contributed by atoms with E-state index in [4.69, 9.17) is 0 Å². The number of aliphatic hydroxyl groups excluding tert-OH is 1. The first kappa shape index (κ1) is 13.9. The fourth-order valence-corrected chi connectivity index (χ4v) is 2.30. The summed E-state index contributed by atoms with van der Waals surface area (Å²) in [7, 11) is 0. The van der Waals surface area contributed by atoms with E-state index in [0.717, 1.165) is 19.0 Å². The molecule has 0 amide bonds. The first-order chi connectivity index (χ1) is 7.49. The Morgan fingerprint density at radius 2 is 2.06 bits per heavy atom. The van der Waals surface area contributed by atoms with E-state index >= 15 is 0 Å². The zero-order chi connectivity index (χ0) is 12.2. The highest BCUT2D eigenvalue weighted by Gasteiger charge is 2.29. The Hall–Kier alpha value is -0.120. The van der Waals surface area contributed by atoms with Crippen molar-refractivity contribution in [2.45, 2.75) is 52.1 Å². The molecule has 3 heteroatoms. The van der Waals surface area contributed by atoms with Crippen LogP contribution in [-0.4, -0.2) is 47.8 Å². The fraction of sp³-hybridized carbons (Fsp3) is 1.00. The van der Waals surface area contributed by atoms with E-state index in [-0.39, 0.29) is 12.1 Å². The highest BCUT2D eigenvalue weighted by molar-refractivity contribution is 4.89. The van der Waals surface area contributed by atoms with Crippen LogP contribution in [0.2, 0.25) is 0 Å². The molecule has 1 unspecified atom stereocenters. The van der Waals surface area contributed by atoms with Gasteiger partial charge >= 0.3 is 0 Å². The molecule has 0 heterocycles. The van der Waals surface area contributed by atoms with E-state index < -0.39 is 0 Å². The third-order valence-corrected chi connectivity index (χ3v) is 3.22. The summed E-state index contributed by atoms with van der Waals surface area (Å²) in [6, 6.07) is 0.414. The van der Waals surface area contributed by atoms with Gasteiger partial charge in [0.2, 0.25) is 0 Å². The molecule has 1 rings (SSSR count). The third kappa shape index (κ3) is 4.81. The second-order valence-corrected chi connectivity index (χ2v) is 5.79. The van der Waals surface area contributed by atoms with E-state index in [1.807, 2.05) is 0 Å². The number of nitrogens with zero attached hydrogens (tertiary/aromatic N) is 1. The largest absolute Gasteiger partial charge is 0.394 e. The van der Waals surface area contributed by atoms with Gasteiger partial charge in [-0.05, 0) is 32.2 Å². The summed E-state index contributed by atoms with van der Waals surface area (Å²) in [4.78, 5) is 2.46. The number of rotatable bonds is 8. The standard InChI is InChI=1S/C13H28N2O/c1-5-15(8-12-6-7-12)9-13(4,10-16)14-11(2)3/h11-12,14,16H,5-10H2,1-4H3.